The van der Waals surface area contributed by atoms with E-state index in [1.165, 1.54) is 23.5 Å². The Kier molecular flexibility index (Phi) is 141. The maximum Gasteiger partial charge on any atom is 0.131 e. The molecule has 0 aliphatic rings. The van der Waals surface area contributed by atoms with Gasteiger partial charge in [0.05, 0.1) is 0 Å². The molecular formula is C4H20N2Na2O6S4. The van der Waals surface area contributed by atoms with E-state index in [-0.39, 0.29) is 92.0 Å². The van der Waals surface area contributed by atoms with Crippen LogP contribution in [-0.4, -0.2) is 112 Å². The molecule has 108 valence electrons. The van der Waals surface area contributed by atoms with Gasteiger partial charge in [0.1, 0.15) is 8.64 Å². The van der Waals surface area contributed by atoms with E-state index < -0.39 is 0 Å². The Balaban J connectivity index is -0.0000000145. The van der Waals surface area contributed by atoms with E-state index in [0.29, 0.717) is 8.64 Å². The number of thioether (sulfide) groups is 2. The van der Waals surface area contributed by atoms with Crippen molar-refractivity contribution in [1.29, 1.82) is 0 Å². The van der Waals surface area contributed by atoms with Gasteiger partial charge in [0.25, 0.3) is 0 Å². The van der Waals surface area contributed by atoms with Crippen LogP contribution in [0.1, 0.15) is 0 Å². The molecule has 0 bridgehead atoms. The summed E-state index contributed by atoms with van der Waals surface area (Å²) in [5, 5.41) is 0. The van der Waals surface area contributed by atoms with E-state index in [1.807, 2.05) is 0 Å². The summed E-state index contributed by atoms with van der Waals surface area (Å²) in [5.74, 6) is 1.74. The van der Waals surface area contributed by atoms with E-state index in [4.69, 9.17) is 11.5 Å². The van der Waals surface area contributed by atoms with Crippen molar-refractivity contribution in [2.75, 3.05) is 11.5 Å². The maximum absolute atomic E-state index is 5.23. The number of hydrogen-bond donors (Lipinski definition) is 2. The van der Waals surface area contributed by atoms with Gasteiger partial charge in [0.15, 0.2) is 0 Å². The zero-order valence-corrected chi connectivity index (χ0v) is 17.5. The molecule has 0 fully saturated rings. The summed E-state index contributed by atoms with van der Waals surface area (Å²) in [5.41, 5.74) is 10.5. The first-order valence-electron chi connectivity index (χ1n) is 2.47. The van der Waals surface area contributed by atoms with Crippen LogP contribution in [0.4, 0.5) is 0 Å². The molecule has 0 heterocycles. The summed E-state index contributed by atoms with van der Waals surface area (Å²) in [6.07, 6.45) is 0. The van der Waals surface area contributed by atoms with E-state index in [1.54, 1.807) is 0 Å². The summed E-state index contributed by atoms with van der Waals surface area (Å²) in [4.78, 5) is 0. The van der Waals surface area contributed by atoms with Crippen molar-refractivity contribution in [2.24, 2.45) is 11.5 Å². The third-order valence-corrected chi connectivity index (χ3v) is 2.92. The summed E-state index contributed by atoms with van der Waals surface area (Å²) in [6.45, 7) is 0. The van der Waals surface area contributed by atoms with Crippen molar-refractivity contribution in [3.8, 4) is 0 Å². The molecule has 0 saturated carbocycles. The number of nitrogens with two attached hydrogens (primary N) is 2. The van der Waals surface area contributed by atoms with Gasteiger partial charge in [0.2, 0.25) is 0 Å². The molecule has 0 rings (SSSR count). The fourth-order valence-electron chi connectivity index (χ4n) is 0.285. The zero-order valence-electron chi connectivity index (χ0n) is 10.2. The monoisotopic (exact) mass is 366 g/mol. The molecule has 0 spiro atoms. The van der Waals surface area contributed by atoms with Crippen LogP contribution < -0.4 is 11.5 Å². The maximum atomic E-state index is 5.23. The number of hydrogen-bond acceptors (Lipinski definition) is 4. The second-order valence-corrected chi connectivity index (χ2v) is 5.00. The van der Waals surface area contributed by atoms with E-state index in [9.17, 15) is 0 Å². The minimum atomic E-state index is 0. The molecule has 0 amide bonds. The van der Waals surface area contributed by atoms with Crippen molar-refractivity contribution in [2.45, 2.75) is 0 Å². The van der Waals surface area contributed by atoms with Gasteiger partial charge in [-0.15, -0.1) is 0 Å². The van der Waals surface area contributed by atoms with Crippen LogP contribution in [-0.2, 0) is 0 Å². The first-order chi connectivity index (χ1) is 4.63. The third-order valence-electron chi connectivity index (χ3n) is 0.572. The van der Waals surface area contributed by atoms with Gasteiger partial charge in [-0.1, -0.05) is 48.0 Å². The summed E-state index contributed by atoms with van der Waals surface area (Å²) in [6, 6.07) is 0. The molecule has 0 aliphatic heterocycles. The van der Waals surface area contributed by atoms with Crippen molar-refractivity contribution < 1.29 is 32.9 Å². The van der Waals surface area contributed by atoms with E-state index in [0.717, 1.165) is 11.5 Å². The molecular weight excluding hydrogens is 346 g/mol. The topological polar surface area (TPSA) is 241 Å². The van der Waals surface area contributed by atoms with Gasteiger partial charge in [0, 0.05) is 70.6 Å². The Hall–Kier alpha value is 2.24. The fraction of sp³-hybridized carbons (Fsp3) is 0.500. The number of thiocarbonyl (C=S) groups is 2. The predicted molar refractivity (Wildman–Crippen MR) is 91.7 cm³/mol. The SMILES string of the molecule is NC(=S)SCCSC(N)=S.O.O.O.O.O.O.[Na].[Na]. The molecule has 0 aliphatic carbocycles. The van der Waals surface area contributed by atoms with Gasteiger partial charge >= 0.3 is 0 Å². The molecule has 14 heteroatoms. The zero-order chi connectivity index (χ0) is 7.98. The summed E-state index contributed by atoms with van der Waals surface area (Å²) < 4.78 is 0.951. The first-order valence-corrected chi connectivity index (χ1v) is 5.26. The first kappa shape index (κ1) is 59.3. The van der Waals surface area contributed by atoms with Gasteiger partial charge in [-0.3, -0.25) is 0 Å². The van der Waals surface area contributed by atoms with Gasteiger partial charge in [-0.05, 0) is 0 Å². The molecule has 8 nitrogen and oxygen atoms in total. The second kappa shape index (κ2) is 42.7. The minimum absolute atomic E-state index is 0. The van der Waals surface area contributed by atoms with Crippen molar-refractivity contribution in [3.05, 3.63) is 0 Å². The Morgan fingerprint density at radius 3 is 0.944 bits per heavy atom. The van der Waals surface area contributed by atoms with Crippen LogP contribution in [0.5, 0.6) is 0 Å². The Morgan fingerprint density at radius 1 is 0.667 bits per heavy atom. The van der Waals surface area contributed by atoms with Crippen LogP contribution in [0.2, 0.25) is 0 Å². The molecule has 0 aromatic rings. The average Bonchev–Trinajstić information content (AvgIpc) is 1.79. The van der Waals surface area contributed by atoms with Crippen molar-refractivity contribution >= 4 is 116 Å². The normalized spacial score (nSPS) is 5.11. The molecule has 18 heavy (non-hydrogen) atoms. The third kappa shape index (κ3) is 63.5. The Labute approximate surface area is 169 Å². The Bertz CT molecular complexity index is 144. The van der Waals surface area contributed by atoms with Gasteiger partial charge in [-0.25, -0.2) is 0 Å². The standard InChI is InChI=1S/C4H8N2S4.2Na.6H2O/c5-3(7)9-1-2-10-4(6)8;;;;;;;;/h1-2H2,(H2,5,7)(H2,6,8);;;6*1H2. The molecule has 0 saturated heterocycles. The quantitative estimate of drug-likeness (QED) is 0.282. The van der Waals surface area contributed by atoms with Gasteiger partial charge in [-0.2, -0.15) is 0 Å². The number of rotatable bonds is 3. The minimum Gasteiger partial charge on any atom is -0.412 e. The molecule has 16 N–H and O–H groups in total. The second-order valence-electron chi connectivity index (χ2n) is 1.33. The predicted octanol–water partition coefficient (Wildman–Crippen LogP) is -4.77. The molecule has 0 aromatic carbocycles. The fourth-order valence-corrected chi connectivity index (χ4v) is 1.85. The largest absolute Gasteiger partial charge is 0.412 e. The summed E-state index contributed by atoms with van der Waals surface area (Å²) >= 11 is 12.2. The van der Waals surface area contributed by atoms with Crippen LogP contribution in [0, 0.1) is 0 Å². The average molecular weight is 366 g/mol. The van der Waals surface area contributed by atoms with Crippen LogP contribution in [0.15, 0.2) is 0 Å². The Morgan fingerprint density at radius 2 is 0.833 bits per heavy atom. The molecule has 0 aromatic heterocycles. The van der Waals surface area contributed by atoms with Crippen molar-refractivity contribution in [3.63, 3.8) is 0 Å². The molecule has 0 atom stereocenters. The smallest absolute Gasteiger partial charge is 0.131 e. The van der Waals surface area contributed by atoms with Crippen LogP contribution in [0.3, 0.4) is 0 Å². The molecule has 0 unspecified atom stereocenters. The molecule has 2 radical (unpaired) electrons. The summed E-state index contributed by atoms with van der Waals surface area (Å²) in [7, 11) is 0. The van der Waals surface area contributed by atoms with E-state index in [2.05, 4.69) is 24.4 Å². The van der Waals surface area contributed by atoms with E-state index >= 15 is 0 Å². The van der Waals surface area contributed by atoms with Crippen molar-refractivity contribution in [1.82, 2.24) is 0 Å². The van der Waals surface area contributed by atoms with Gasteiger partial charge < -0.3 is 44.3 Å². The van der Waals surface area contributed by atoms with Crippen LogP contribution >= 0.6 is 48.0 Å². The van der Waals surface area contributed by atoms with Crippen LogP contribution in [0.25, 0.3) is 0 Å².